The van der Waals surface area contributed by atoms with E-state index in [9.17, 15) is 14.4 Å². The molecule has 4 aromatic carbocycles. The van der Waals surface area contributed by atoms with E-state index in [4.69, 9.17) is 9.47 Å². The lowest BCUT2D eigenvalue weighted by molar-refractivity contribution is 0.0665. The van der Waals surface area contributed by atoms with Gasteiger partial charge in [0.25, 0.3) is 0 Å². The molecule has 41 heavy (non-hydrogen) atoms. The Morgan fingerprint density at radius 3 is 2.07 bits per heavy atom. The Bertz CT molecular complexity index is 1720. The summed E-state index contributed by atoms with van der Waals surface area (Å²) in [6, 6.07) is 27.7. The van der Waals surface area contributed by atoms with E-state index in [1.165, 1.54) is 0 Å². The summed E-state index contributed by atoms with van der Waals surface area (Å²) in [6.07, 6.45) is 3.89. The van der Waals surface area contributed by atoms with Crippen LogP contribution in [0.2, 0.25) is 0 Å². The van der Waals surface area contributed by atoms with E-state index in [1.54, 1.807) is 62.8 Å². The number of hydrogen-bond donors (Lipinski definition) is 0. The number of ketones is 3. The summed E-state index contributed by atoms with van der Waals surface area (Å²) in [4.78, 5) is 46.1. The number of hydrogen-bond acceptors (Lipinski definition) is 6. The summed E-state index contributed by atoms with van der Waals surface area (Å²) in [5, 5.41) is 0. The smallest absolute Gasteiger partial charge is 0.185 e. The maximum Gasteiger partial charge on any atom is 0.185 e. The topological polar surface area (TPSA) is 72.9 Å². The van der Waals surface area contributed by atoms with Gasteiger partial charge in [0.2, 0.25) is 0 Å². The number of ether oxygens (including phenoxy) is 2. The highest BCUT2D eigenvalue weighted by Gasteiger charge is 2.71. The fourth-order valence-corrected chi connectivity index (χ4v) is 7.11. The van der Waals surface area contributed by atoms with Gasteiger partial charge >= 0.3 is 0 Å². The number of rotatable bonds is 5. The summed E-state index contributed by atoms with van der Waals surface area (Å²) in [7, 11) is 3.10. The first-order valence-electron chi connectivity index (χ1n) is 13.6. The second-order valence-corrected chi connectivity index (χ2v) is 10.6. The van der Waals surface area contributed by atoms with Crippen LogP contribution in [-0.4, -0.2) is 43.7 Å². The molecule has 202 valence electrons. The highest BCUT2D eigenvalue weighted by atomic mass is 16.5. The van der Waals surface area contributed by atoms with Crippen molar-refractivity contribution in [3.05, 3.63) is 131 Å². The lowest BCUT2D eigenvalue weighted by Gasteiger charge is -2.37. The van der Waals surface area contributed by atoms with Crippen LogP contribution in [0.1, 0.15) is 48.1 Å². The zero-order chi connectivity index (χ0) is 28.3. The van der Waals surface area contributed by atoms with E-state index >= 15 is 0 Å². The lowest BCUT2D eigenvalue weighted by atomic mass is 9.64. The Kier molecular flexibility index (Phi) is 5.68. The molecule has 6 heteroatoms. The van der Waals surface area contributed by atoms with Gasteiger partial charge < -0.3 is 14.4 Å². The average Bonchev–Trinajstić information content (AvgIpc) is 3.47. The van der Waals surface area contributed by atoms with Crippen molar-refractivity contribution in [1.29, 1.82) is 0 Å². The van der Waals surface area contributed by atoms with Crippen LogP contribution in [-0.2, 0) is 0 Å². The molecule has 7 rings (SSSR count). The third-order valence-corrected chi connectivity index (χ3v) is 8.81. The molecule has 1 fully saturated rings. The third-order valence-electron chi connectivity index (χ3n) is 8.81. The molecule has 3 atom stereocenters. The molecule has 0 radical (unpaired) electrons. The second kappa shape index (κ2) is 9.30. The van der Waals surface area contributed by atoms with E-state index in [2.05, 4.69) is 0 Å². The molecule has 1 saturated heterocycles. The standard InChI is InChI=1S/C35H27NO5/c1-40-27-18-16-23(20-28(27)41-2)30-31(32(37)22-11-4-3-5-12-22)36-26-15-9-6-10-21(26)17-19-29(36)35(30)33(38)24-13-7-8-14-25(24)34(35)39/h3-20,29-31H,1-2H3/t29-,30+,31+/m1/s1. The fraction of sp³-hybridized carbons (Fsp3) is 0.171. The number of fused-ring (bicyclic) bond motifs is 5. The monoisotopic (exact) mass is 541 g/mol. The van der Waals surface area contributed by atoms with Crippen LogP contribution in [0.15, 0.2) is 103 Å². The van der Waals surface area contributed by atoms with Crippen molar-refractivity contribution in [3.63, 3.8) is 0 Å². The van der Waals surface area contributed by atoms with Crippen LogP contribution in [0, 0.1) is 5.41 Å². The minimum absolute atomic E-state index is 0.158. The summed E-state index contributed by atoms with van der Waals surface area (Å²) in [6.45, 7) is 0. The van der Waals surface area contributed by atoms with Crippen molar-refractivity contribution >= 4 is 29.1 Å². The fourth-order valence-electron chi connectivity index (χ4n) is 7.11. The van der Waals surface area contributed by atoms with Crippen molar-refractivity contribution in [2.45, 2.75) is 18.0 Å². The van der Waals surface area contributed by atoms with Crippen LogP contribution in [0.25, 0.3) is 6.08 Å². The van der Waals surface area contributed by atoms with Crippen molar-refractivity contribution in [2.75, 3.05) is 19.1 Å². The summed E-state index contributed by atoms with van der Waals surface area (Å²) in [5.41, 5.74) is 2.13. The molecule has 0 bridgehead atoms. The summed E-state index contributed by atoms with van der Waals surface area (Å²) >= 11 is 0. The molecular weight excluding hydrogens is 514 g/mol. The zero-order valence-electron chi connectivity index (χ0n) is 22.6. The van der Waals surface area contributed by atoms with Crippen molar-refractivity contribution in [1.82, 2.24) is 0 Å². The number of para-hydroxylation sites is 1. The quantitative estimate of drug-likeness (QED) is 0.227. The first kappa shape index (κ1) is 25.0. The van der Waals surface area contributed by atoms with Gasteiger partial charge in [-0.25, -0.2) is 0 Å². The molecule has 0 N–H and O–H groups in total. The molecule has 0 amide bonds. The summed E-state index contributed by atoms with van der Waals surface area (Å²) in [5.74, 6) is -0.524. The number of Topliss-reactive ketones (excluding diaryl/α,β-unsaturated/α-hetero) is 3. The van der Waals surface area contributed by atoms with Crippen LogP contribution >= 0.6 is 0 Å². The van der Waals surface area contributed by atoms with E-state index in [-0.39, 0.29) is 17.3 Å². The predicted molar refractivity (Wildman–Crippen MR) is 156 cm³/mol. The Balaban J connectivity index is 1.56. The van der Waals surface area contributed by atoms with Crippen molar-refractivity contribution in [3.8, 4) is 11.5 Å². The molecule has 1 spiro atoms. The molecule has 2 aliphatic heterocycles. The number of carbonyl (C=O) groups excluding carboxylic acids is 3. The van der Waals surface area contributed by atoms with E-state index in [1.807, 2.05) is 65.6 Å². The lowest BCUT2D eigenvalue weighted by Crippen LogP contribution is -2.48. The highest BCUT2D eigenvalue weighted by molar-refractivity contribution is 6.32. The van der Waals surface area contributed by atoms with Gasteiger partial charge in [-0.3, -0.25) is 14.4 Å². The van der Waals surface area contributed by atoms with Gasteiger partial charge in [-0.15, -0.1) is 0 Å². The SMILES string of the molecule is COc1ccc([C@H]2[C@@H](C(=O)c3ccccc3)N3c4ccccc4C=C[C@@H]3C23C(=O)c2ccccc2C3=O)cc1OC. The van der Waals surface area contributed by atoms with Crippen LogP contribution < -0.4 is 14.4 Å². The van der Waals surface area contributed by atoms with Crippen molar-refractivity contribution in [2.24, 2.45) is 5.41 Å². The first-order chi connectivity index (χ1) is 20.0. The van der Waals surface area contributed by atoms with Gasteiger partial charge in [-0.2, -0.15) is 0 Å². The number of benzene rings is 4. The van der Waals surface area contributed by atoms with Gasteiger partial charge in [-0.05, 0) is 29.3 Å². The Hall–Kier alpha value is -4.97. The van der Waals surface area contributed by atoms with Gasteiger partial charge in [-0.1, -0.05) is 91.0 Å². The number of nitrogens with zero attached hydrogens (tertiary/aromatic N) is 1. The Morgan fingerprint density at radius 2 is 1.39 bits per heavy atom. The van der Waals surface area contributed by atoms with Crippen molar-refractivity contribution < 1.29 is 23.9 Å². The zero-order valence-corrected chi connectivity index (χ0v) is 22.6. The summed E-state index contributed by atoms with van der Waals surface area (Å²) < 4.78 is 11.2. The average molecular weight is 542 g/mol. The van der Waals surface area contributed by atoms with E-state index in [0.717, 1.165) is 11.3 Å². The number of carbonyl (C=O) groups is 3. The van der Waals surface area contributed by atoms with Crippen LogP contribution in [0.5, 0.6) is 11.5 Å². The largest absolute Gasteiger partial charge is 0.493 e. The van der Waals surface area contributed by atoms with Crippen LogP contribution in [0.3, 0.4) is 0 Å². The number of methoxy groups -OCH3 is 2. The molecule has 0 aromatic heterocycles. The molecule has 0 saturated carbocycles. The normalized spacial score (nSPS) is 21.4. The molecule has 6 nitrogen and oxygen atoms in total. The molecule has 4 aromatic rings. The third kappa shape index (κ3) is 3.34. The predicted octanol–water partition coefficient (Wildman–Crippen LogP) is 6.02. The molecule has 2 heterocycles. The second-order valence-electron chi connectivity index (χ2n) is 10.6. The Labute approximate surface area is 237 Å². The highest BCUT2D eigenvalue weighted by Crippen LogP contribution is 2.61. The van der Waals surface area contributed by atoms with Gasteiger partial charge in [0.05, 0.1) is 20.3 Å². The van der Waals surface area contributed by atoms with Crippen LogP contribution in [0.4, 0.5) is 5.69 Å². The maximum absolute atomic E-state index is 14.7. The minimum Gasteiger partial charge on any atom is -0.493 e. The van der Waals surface area contributed by atoms with E-state index < -0.39 is 23.4 Å². The van der Waals surface area contributed by atoms with Gasteiger partial charge in [0.15, 0.2) is 28.8 Å². The van der Waals surface area contributed by atoms with Gasteiger partial charge in [0, 0.05) is 28.3 Å². The van der Waals surface area contributed by atoms with E-state index in [0.29, 0.717) is 33.8 Å². The molecule has 3 aliphatic rings. The molecule has 1 aliphatic carbocycles. The molecular formula is C35H27NO5. The Morgan fingerprint density at radius 1 is 0.756 bits per heavy atom. The first-order valence-corrected chi connectivity index (χ1v) is 13.6. The molecule has 0 unspecified atom stereocenters. The maximum atomic E-state index is 14.7. The number of anilines is 1. The van der Waals surface area contributed by atoms with Gasteiger partial charge in [0.1, 0.15) is 11.5 Å². The minimum atomic E-state index is -1.57.